The number of hydrogen-bond donors (Lipinski definition) is 3. The van der Waals surface area contributed by atoms with E-state index in [-0.39, 0.29) is 72.4 Å². The van der Waals surface area contributed by atoms with Gasteiger partial charge >= 0.3 is 0 Å². The molecule has 0 aliphatic rings. The molecular formula is C78H79BrN12O13. The van der Waals surface area contributed by atoms with E-state index < -0.39 is 5.75 Å². The van der Waals surface area contributed by atoms with Crippen LogP contribution in [0.4, 0.5) is 0 Å². The van der Waals surface area contributed by atoms with Gasteiger partial charge in [-0.25, -0.2) is 4.98 Å². The van der Waals surface area contributed by atoms with E-state index in [1.54, 1.807) is 85.8 Å². The third kappa shape index (κ3) is 18.2. The molecule has 0 aliphatic carbocycles. The number of halogens is 1. The van der Waals surface area contributed by atoms with Crippen molar-refractivity contribution in [3.05, 3.63) is 232 Å². The number of methoxy groups -OCH3 is 2. The summed E-state index contributed by atoms with van der Waals surface area (Å²) in [6, 6.07) is 41.6. The van der Waals surface area contributed by atoms with Crippen molar-refractivity contribution in [2.24, 2.45) is 0 Å². The summed E-state index contributed by atoms with van der Waals surface area (Å²) >= 11 is 3.41. The van der Waals surface area contributed by atoms with Gasteiger partial charge in [-0.05, 0) is 168 Å². The van der Waals surface area contributed by atoms with Gasteiger partial charge in [0.1, 0.15) is 70.9 Å². The number of benzene rings is 4. The molecule has 104 heavy (non-hydrogen) atoms. The second-order valence-corrected chi connectivity index (χ2v) is 24.9. The van der Waals surface area contributed by atoms with Crippen LogP contribution < -0.4 is 28.4 Å². The van der Waals surface area contributed by atoms with Crippen molar-refractivity contribution >= 4 is 41.1 Å². The zero-order valence-corrected chi connectivity index (χ0v) is 60.5. The third-order valence-electron chi connectivity index (χ3n) is 15.9. The number of nitrogens with zero attached hydrogens (tertiary/aromatic N) is 12. The molecule has 25 nitrogen and oxygen atoms in total. The van der Waals surface area contributed by atoms with E-state index in [9.17, 15) is 34.5 Å². The first-order valence-corrected chi connectivity index (χ1v) is 33.8. The van der Waals surface area contributed by atoms with Crippen molar-refractivity contribution in [3.8, 4) is 97.3 Å². The lowest BCUT2D eigenvalue weighted by atomic mass is 10.1. The van der Waals surface area contributed by atoms with Gasteiger partial charge in [-0.1, -0.05) is 42.5 Å². The predicted octanol–water partition coefficient (Wildman–Crippen LogP) is 15.6. The molecule has 0 saturated heterocycles. The van der Waals surface area contributed by atoms with E-state index in [4.69, 9.17) is 28.4 Å². The van der Waals surface area contributed by atoms with Gasteiger partial charge in [-0.2, -0.15) is 20.4 Å². The van der Waals surface area contributed by atoms with Crippen molar-refractivity contribution < 1.29 is 62.9 Å². The Kier molecular flexibility index (Phi) is 26.5. The summed E-state index contributed by atoms with van der Waals surface area (Å²) in [5.74, 6) is 1.33. The zero-order valence-electron chi connectivity index (χ0n) is 58.9. The SMILES string of the molecule is CC(C)n1nccc1-c1nc(Br)ccc1COc1cccc(O)c1C=O.CC(C)n1nccc1-c1ncccc1COc1ccc(O)c(O)c1C=O.CC(C)n1nccc1-c1ncccc1COc1ccccc1C=O.COc1ccc(OCc2cccnc2-c2ccnn2C(C)C)c(C=O)c1OC. The first-order chi connectivity index (χ1) is 50.3. The smallest absolute Gasteiger partial charge is 0.175 e. The Morgan fingerprint density at radius 1 is 0.375 bits per heavy atom. The quantitative estimate of drug-likeness (QED) is 0.0258. The fourth-order valence-electron chi connectivity index (χ4n) is 10.9. The molecule has 0 fully saturated rings. The van der Waals surface area contributed by atoms with Gasteiger partial charge in [0.2, 0.25) is 0 Å². The van der Waals surface area contributed by atoms with Gasteiger partial charge in [-0.3, -0.25) is 52.9 Å². The summed E-state index contributed by atoms with van der Waals surface area (Å²) in [5.41, 5.74) is 11.1. The second kappa shape index (κ2) is 36.3. The number of carbonyl (C=O) groups excluding carboxylic acids is 4. The molecule has 0 bridgehead atoms. The minimum Gasteiger partial charge on any atom is -0.507 e. The molecule has 0 radical (unpaired) electrons. The molecule has 0 spiro atoms. The van der Waals surface area contributed by atoms with Crippen LogP contribution in [0.5, 0.6) is 51.7 Å². The molecule has 0 atom stereocenters. The molecule has 0 unspecified atom stereocenters. The van der Waals surface area contributed by atoms with Crippen LogP contribution in [0, 0.1) is 0 Å². The van der Waals surface area contributed by atoms with Gasteiger partial charge < -0.3 is 43.7 Å². The number of phenolic OH excluding ortho intramolecular Hbond substituents is 3. The van der Waals surface area contributed by atoms with Crippen LogP contribution in [0.2, 0.25) is 0 Å². The summed E-state index contributed by atoms with van der Waals surface area (Å²) in [6.45, 7) is 17.4. The number of hydrogen-bond acceptors (Lipinski definition) is 21. The Balaban J connectivity index is 0.000000161. The summed E-state index contributed by atoms with van der Waals surface area (Å²) in [7, 11) is 3.01. The van der Waals surface area contributed by atoms with Crippen molar-refractivity contribution in [1.29, 1.82) is 0 Å². The number of aromatic hydroxyl groups is 3. The fraction of sp³-hybridized carbons (Fsp3) is 0.231. The molecule has 12 rings (SSSR count). The summed E-state index contributed by atoms with van der Waals surface area (Å²) in [5, 5.41) is 46.5. The van der Waals surface area contributed by atoms with Crippen LogP contribution in [0.3, 0.4) is 0 Å². The first kappa shape index (κ1) is 75.9. The molecule has 8 heterocycles. The Morgan fingerprint density at radius 3 is 1.20 bits per heavy atom. The molecule has 26 heteroatoms. The number of pyridine rings is 4. The van der Waals surface area contributed by atoms with Crippen LogP contribution in [-0.2, 0) is 26.4 Å². The van der Waals surface area contributed by atoms with Crippen molar-refractivity contribution in [2.75, 3.05) is 14.2 Å². The van der Waals surface area contributed by atoms with E-state index in [0.29, 0.717) is 69.9 Å². The van der Waals surface area contributed by atoms with Gasteiger partial charge in [0.05, 0.1) is 70.9 Å². The van der Waals surface area contributed by atoms with E-state index >= 15 is 0 Å². The lowest BCUT2D eigenvalue weighted by molar-refractivity contribution is 0.110. The number of aldehydes is 4. The Bertz CT molecular complexity index is 4890. The van der Waals surface area contributed by atoms with Crippen LogP contribution in [0.15, 0.2) is 188 Å². The first-order valence-electron chi connectivity index (χ1n) is 33.0. The van der Waals surface area contributed by atoms with E-state index in [1.807, 2.05) is 125 Å². The molecule has 3 N–H and O–H groups in total. The maximum absolute atomic E-state index is 11.6. The molecule has 0 saturated carbocycles. The minimum atomic E-state index is -0.498. The predicted molar refractivity (Wildman–Crippen MR) is 394 cm³/mol. The highest BCUT2D eigenvalue weighted by molar-refractivity contribution is 9.10. The monoisotopic (exact) mass is 1470 g/mol. The topological polar surface area (TPSA) is 307 Å². The molecule has 0 aliphatic heterocycles. The maximum atomic E-state index is 11.6. The van der Waals surface area contributed by atoms with E-state index in [2.05, 4.69) is 84.0 Å². The molecule has 536 valence electrons. The molecule has 12 aromatic rings. The third-order valence-corrected chi connectivity index (χ3v) is 16.3. The number of aromatic nitrogens is 12. The van der Waals surface area contributed by atoms with E-state index in [0.717, 1.165) is 74.1 Å². The van der Waals surface area contributed by atoms with Crippen molar-refractivity contribution in [2.45, 2.75) is 106 Å². The zero-order chi connectivity index (χ0) is 74.4. The van der Waals surface area contributed by atoms with Crippen LogP contribution in [-0.4, -0.2) is 114 Å². The van der Waals surface area contributed by atoms with Crippen LogP contribution >= 0.6 is 15.9 Å². The van der Waals surface area contributed by atoms with Gasteiger partial charge in [0, 0.05) is 89.8 Å². The molecule has 0 amide bonds. The lowest BCUT2D eigenvalue weighted by Gasteiger charge is -2.16. The van der Waals surface area contributed by atoms with Crippen LogP contribution in [0.1, 0.15) is 143 Å². The highest BCUT2D eigenvalue weighted by Gasteiger charge is 2.22. The Labute approximate surface area is 609 Å². The normalized spacial score (nSPS) is 10.8. The number of rotatable bonds is 26. The van der Waals surface area contributed by atoms with E-state index in [1.165, 1.54) is 32.4 Å². The summed E-state index contributed by atoms with van der Waals surface area (Å²) in [6.07, 6.45) is 14.7. The lowest BCUT2D eigenvalue weighted by Crippen LogP contribution is -2.08. The molecular weight excluding hydrogens is 1390 g/mol. The van der Waals surface area contributed by atoms with Gasteiger partial charge in [0.25, 0.3) is 0 Å². The van der Waals surface area contributed by atoms with Gasteiger partial charge in [-0.15, -0.1) is 0 Å². The Hall–Kier alpha value is -12.3. The molecule has 8 aromatic heterocycles. The minimum absolute atomic E-state index is 0.0948. The number of carbonyl (C=O) groups is 4. The maximum Gasteiger partial charge on any atom is 0.175 e. The summed E-state index contributed by atoms with van der Waals surface area (Å²) < 4.78 is 42.2. The number of para-hydroxylation sites is 1. The average molecular weight is 1470 g/mol. The average Bonchev–Trinajstić information content (AvgIpc) is 1.55. The number of phenols is 3. The fourth-order valence-corrected chi connectivity index (χ4v) is 11.2. The van der Waals surface area contributed by atoms with Crippen molar-refractivity contribution in [1.82, 2.24) is 59.1 Å². The molecule has 4 aromatic carbocycles. The largest absolute Gasteiger partial charge is 0.507 e. The highest BCUT2D eigenvalue weighted by atomic mass is 79.9. The highest BCUT2D eigenvalue weighted by Crippen LogP contribution is 2.39. The summed E-state index contributed by atoms with van der Waals surface area (Å²) in [4.78, 5) is 63.2. The second-order valence-electron chi connectivity index (χ2n) is 24.1. The Morgan fingerprint density at radius 2 is 0.769 bits per heavy atom. The van der Waals surface area contributed by atoms with Gasteiger partial charge in [0.15, 0.2) is 48.1 Å². The van der Waals surface area contributed by atoms with Crippen molar-refractivity contribution in [3.63, 3.8) is 0 Å². The standard InChI is InChI=1S/C21H23N3O4.C19H18BrN3O3.C19H19N3O4.C19H19N3O2/c1-14(2)24-17(9-11-23-24)20-15(6-5-10-22-20)13-28-18-7-8-19(26-3)21(27-4)16(18)12-25;1-12(2)23-15(8-9-21-23)19-13(6-7-18(20)22-19)11-26-17-5-3-4-16(25)14(17)10-24;1-12(2)22-15(7-9-21-22)18-13(4-3-8-20-18)11-26-17-6-5-16(24)19(25)14(17)10-23;1-14(2)22-17(9-11-21-22)19-16(7-5-10-20-19)13-24-18-8-4-3-6-15(18)12-23/h5-12,14H,13H2,1-4H3;3-10,12,25H,11H2,1-2H3;3-10,12,24-25H,11H2,1-2H3;3-12,14H,13H2,1-2H3. The number of ether oxygens (including phenoxy) is 6. The van der Waals surface area contributed by atoms with Crippen LogP contribution in [0.25, 0.3) is 45.6 Å².